The fourth-order valence-electron chi connectivity index (χ4n) is 2.40. The van der Waals surface area contributed by atoms with Crippen LogP contribution in [-0.4, -0.2) is 23.7 Å². The Morgan fingerprint density at radius 1 is 1.21 bits per heavy atom. The number of hydrogen-bond acceptors (Lipinski definition) is 3. The molecule has 3 rings (SSSR count). The third-order valence-electron chi connectivity index (χ3n) is 3.55. The van der Waals surface area contributed by atoms with E-state index >= 15 is 0 Å². The number of benzene rings is 2. The van der Waals surface area contributed by atoms with Gasteiger partial charge in [-0.3, -0.25) is 4.79 Å². The Labute approximate surface area is 142 Å². The fourth-order valence-corrected chi connectivity index (χ4v) is 3.46. The highest BCUT2D eigenvalue weighted by atomic mass is 32.1. The van der Waals surface area contributed by atoms with Gasteiger partial charge in [-0.25, -0.2) is 4.39 Å². The second-order valence-electron chi connectivity index (χ2n) is 5.10. The molecule has 6 heteroatoms. The minimum atomic E-state index is -0.579. The van der Waals surface area contributed by atoms with E-state index in [1.54, 1.807) is 12.1 Å². The van der Waals surface area contributed by atoms with Gasteiger partial charge in [-0.1, -0.05) is 35.6 Å². The summed E-state index contributed by atoms with van der Waals surface area (Å²) in [7, 11) is 0. The zero-order valence-electron chi connectivity index (χ0n) is 13.2. The van der Waals surface area contributed by atoms with Crippen LogP contribution in [0, 0.1) is 5.82 Å². The minimum absolute atomic E-state index is 0.0219. The van der Waals surface area contributed by atoms with Crippen LogP contribution < -0.4 is 4.80 Å². The van der Waals surface area contributed by atoms with Crippen molar-refractivity contribution in [1.82, 2.24) is 4.57 Å². The maximum Gasteiger partial charge on any atom is 0.282 e. The number of thiazole rings is 1. The smallest absolute Gasteiger partial charge is 0.282 e. The third kappa shape index (κ3) is 3.44. The van der Waals surface area contributed by atoms with E-state index in [2.05, 4.69) is 4.99 Å². The SMILES string of the molecule is CCOCCn1c(=NC(=O)c2ccccc2F)sc2ccccc21. The van der Waals surface area contributed by atoms with Gasteiger partial charge in [0.25, 0.3) is 5.91 Å². The Kier molecular flexibility index (Phi) is 5.17. The first-order chi connectivity index (χ1) is 11.7. The van der Waals surface area contributed by atoms with Crippen molar-refractivity contribution >= 4 is 27.5 Å². The molecule has 4 nitrogen and oxygen atoms in total. The predicted octanol–water partition coefficient (Wildman–Crippen LogP) is 3.62. The van der Waals surface area contributed by atoms with Crippen molar-refractivity contribution in [2.75, 3.05) is 13.2 Å². The number of nitrogens with zero attached hydrogens (tertiary/aromatic N) is 2. The predicted molar refractivity (Wildman–Crippen MR) is 92.6 cm³/mol. The molecule has 0 saturated heterocycles. The summed E-state index contributed by atoms with van der Waals surface area (Å²) in [5, 5.41) is 0. The number of carbonyl (C=O) groups is 1. The van der Waals surface area contributed by atoms with Crippen LogP contribution >= 0.6 is 11.3 Å². The molecule has 124 valence electrons. The molecule has 0 aliphatic carbocycles. The number of fused-ring (bicyclic) bond motifs is 1. The zero-order chi connectivity index (χ0) is 16.9. The van der Waals surface area contributed by atoms with Gasteiger partial charge >= 0.3 is 0 Å². The van der Waals surface area contributed by atoms with Crippen LogP contribution in [0.1, 0.15) is 17.3 Å². The molecule has 0 bridgehead atoms. The number of para-hydroxylation sites is 1. The molecule has 1 amide bonds. The Balaban J connectivity index is 2.05. The average Bonchev–Trinajstić information content (AvgIpc) is 2.93. The third-order valence-corrected chi connectivity index (χ3v) is 4.61. The van der Waals surface area contributed by atoms with Crippen molar-refractivity contribution in [2.24, 2.45) is 4.99 Å². The molecule has 24 heavy (non-hydrogen) atoms. The molecule has 0 radical (unpaired) electrons. The Bertz CT molecular complexity index is 930. The number of hydrogen-bond donors (Lipinski definition) is 0. The monoisotopic (exact) mass is 344 g/mol. The van der Waals surface area contributed by atoms with Gasteiger partial charge in [-0.05, 0) is 31.2 Å². The highest BCUT2D eigenvalue weighted by molar-refractivity contribution is 7.16. The molecule has 0 N–H and O–H groups in total. The first kappa shape index (κ1) is 16.5. The van der Waals surface area contributed by atoms with Crippen molar-refractivity contribution < 1.29 is 13.9 Å². The second kappa shape index (κ2) is 7.51. The highest BCUT2D eigenvalue weighted by Crippen LogP contribution is 2.17. The van der Waals surface area contributed by atoms with Gasteiger partial charge in [-0.2, -0.15) is 4.99 Å². The number of carbonyl (C=O) groups excluding carboxylic acids is 1. The lowest BCUT2D eigenvalue weighted by molar-refractivity contribution is 0.0993. The quantitative estimate of drug-likeness (QED) is 0.664. The Morgan fingerprint density at radius 3 is 2.75 bits per heavy atom. The molecule has 2 aromatic carbocycles. The molecule has 0 fully saturated rings. The Morgan fingerprint density at radius 2 is 1.96 bits per heavy atom. The molecular weight excluding hydrogens is 327 g/mol. The van der Waals surface area contributed by atoms with Gasteiger partial charge in [0.2, 0.25) is 0 Å². The lowest BCUT2D eigenvalue weighted by Crippen LogP contribution is -2.20. The van der Waals surface area contributed by atoms with Crippen LogP contribution in [0.4, 0.5) is 4.39 Å². The van der Waals surface area contributed by atoms with Crippen molar-refractivity contribution in [3.8, 4) is 0 Å². The van der Waals surface area contributed by atoms with Crippen molar-refractivity contribution in [3.05, 3.63) is 64.7 Å². The van der Waals surface area contributed by atoms with Crippen LogP contribution in [0.5, 0.6) is 0 Å². The van der Waals surface area contributed by atoms with Crippen LogP contribution in [-0.2, 0) is 11.3 Å². The van der Waals surface area contributed by atoms with Gasteiger partial charge in [0, 0.05) is 13.2 Å². The van der Waals surface area contributed by atoms with Gasteiger partial charge in [0.05, 0.1) is 22.4 Å². The Hall–Kier alpha value is -2.31. The molecule has 0 spiro atoms. The number of ether oxygens (including phenoxy) is 1. The molecular formula is C18H17FN2O2S. The van der Waals surface area contributed by atoms with Crippen molar-refractivity contribution in [1.29, 1.82) is 0 Å². The van der Waals surface area contributed by atoms with Gasteiger partial charge in [0.1, 0.15) is 5.82 Å². The number of aromatic nitrogens is 1. The summed E-state index contributed by atoms with van der Waals surface area (Å²) in [6.07, 6.45) is 0. The molecule has 3 aromatic rings. The van der Waals surface area contributed by atoms with E-state index in [4.69, 9.17) is 4.74 Å². The molecule has 0 unspecified atom stereocenters. The number of rotatable bonds is 5. The zero-order valence-corrected chi connectivity index (χ0v) is 14.1. The van der Waals surface area contributed by atoms with Crippen molar-refractivity contribution in [2.45, 2.75) is 13.5 Å². The van der Waals surface area contributed by atoms with Gasteiger partial charge in [-0.15, -0.1) is 0 Å². The van der Waals surface area contributed by atoms with Crippen LogP contribution in [0.2, 0.25) is 0 Å². The van der Waals surface area contributed by atoms with E-state index in [0.29, 0.717) is 24.6 Å². The summed E-state index contributed by atoms with van der Waals surface area (Å²) in [5.74, 6) is -1.14. The molecule has 0 saturated carbocycles. The summed E-state index contributed by atoms with van der Waals surface area (Å²) < 4.78 is 22.2. The molecule has 0 aliphatic heterocycles. The van der Waals surface area contributed by atoms with Crippen molar-refractivity contribution in [3.63, 3.8) is 0 Å². The summed E-state index contributed by atoms with van der Waals surface area (Å²) in [4.78, 5) is 17.0. The second-order valence-corrected chi connectivity index (χ2v) is 6.11. The van der Waals surface area contributed by atoms with Gasteiger partial charge < -0.3 is 9.30 Å². The fraction of sp³-hybridized carbons (Fsp3) is 0.222. The maximum absolute atomic E-state index is 13.8. The average molecular weight is 344 g/mol. The summed E-state index contributed by atoms with van der Waals surface area (Å²) in [6.45, 7) is 3.67. The van der Waals surface area contributed by atoms with E-state index in [0.717, 1.165) is 10.2 Å². The van der Waals surface area contributed by atoms with Gasteiger partial charge in [0.15, 0.2) is 4.80 Å². The topological polar surface area (TPSA) is 43.6 Å². The standard InChI is InChI=1S/C18H17FN2O2S/c1-2-23-12-11-21-15-9-5-6-10-16(15)24-18(21)20-17(22)13-7-3-4-8-14(13)19/h3-10H,2,11-12H2,1H3. The molecule has 1 heterocycles. The summed E-state index contributed by atoms with van der Waals surface area (Å²) >= 11 is 1.41. The lowest BCUT2D eigenvalue weighted by atomic mass is 10.2. The number of amides is 1. The lowest BCUT2D eigenvalue weighted by Gasteiger charge is -2.05. The van der Waals surface area contributed by atoms with Crippen LogP contribution in [0.15, 0.2) is 53.5 Å². The highest BCUT2D eigenvalue weighted by Gasteiger charge is 2.12. The maximum atomic E-state index is 13.8. The first-order valence-corrected chi connectivity index (χ1v) is 8.52. The molecule has 0 atom stereocenters. The summed E-state index contributed by atoms with van der Waals surface area (Å²) in [6, 6.07) is 13.7. The van der Waals surface area contributed by atoms with Crippen LogP contribution in [0.25, 0.3) is 10.2 Å². The summed E-state index contributed by atoms with van der Waals surface area (Å²) in [5.41, 5.74) is 0.966. The van der Waals surface area contributed by atoms with E-state index in [-0.39, 0.29) is 5.56 Å². The molecule has 0 aliphatic rings. The van der Waals surface area contributed by atoms with E-state index in [1.165, 1.54) is 23.5 Å². The molecule has 1 aromatic heterocycles. The van der Waals surface area contributed by atoms with E-state index in [9.17, 15) is 9.18 Å². The normalized spacial score (nSPS) is 12.0. The van der Waals surface area contributed by atoms with E-state index in [1.807, 2.05) is 35.8 Å². The number of halogens is 1. The van der Waals surface area contributed by atoms with E-state index < -0.39 is 11.7 Å². The minimum Gasteiger partial charge on any atom is -0.380 e. The largest absolute Gasteiger partial charge is 0.380 e. The van der Waals surface area contributed by atoms with Crippen LogP contribution in [0.3, 0.4) is 0 Å². The first-order valence-electron chi connectivity index (χ1n) is 7.70.